The van der Waals surface area contributed by atoms with E-state index in [4.69, 9.17) is 10.0 Å². The van der Waals surface area contributed by atoms with E-state index in [1.807, 2.05) is 24.3 Å². The van der Waals surface area contributed by atoms with E-state index in [-0.39, 0.29) is 0 Å². The summed E-state index contributed by atoms with van der Waals surface area (Å²) in [6.45, 7) is 0. The first-order valence-electron chi connectivity index (χ1n) is 4.23. The van der Waals surface area contributed by atoms with Crippen molar-refractivity contribution >= 4 is 45.9 Å². The summed E-state index contributed by atoms with van der Waals surface area (Å²) >= 11 is 2.19. The lowest BCUT2D eigenvalue weighted by atomic mass is 9.79. The van der Waals surface area contributed by atoms with Gasteiger partial charge in [-0.1, -0.05) is 30.3 Å². The van der Waals surface area contributed by atoms with Gasteiger partial charge in [-0.05, 0) is 44.9 Å². The minimum absolute atomic E-state index is 0.535. The van der Waals surface area contributed by atoms with Gasteiger partial charge in [0.1, 0.15) is 0 Å². The Bertz CT molecular complexity index is 471. The Morgan fingerprint density at radius 3 is 2.50 bits per heavy atom. The van der Waals surface area contributed by atoms with Crippen molar-refractivity contribution in [3.8, 4) is 0 Å². The third-order valence-electron chi connectivity index (χ3n) is 2.13. The lowest BCUT2D eigenvalue weighted by Crippen LogP contribution is -2.29. The smallest absolute Gasteiger partial charge is 0.423 e. The van der Waals surface area contributed by atoms with Crippen molar-refractivity contribution < 1.29 is 10.0 Å². The Morgan fingerprint density at radius 2 is 1.79 bits per heavy atom. The minimum Gasteiger partial charge on any atom is -0.423 e. The second-order valence-corrected chi connectivity index (χ2v) is 4.26. The average molecular weight is 298 g/mol. The van der Waals surface area contributed by atoms with Gasteiger partial charge in [-0.2, -0.15) is 0 Å². The first-order chi connectivity index (χ1) is 6.68. The Hall–Kier alpha value is -0.585. The van der Waals surface area contributed by atoms with E-state index < -0.39 is 7.12 Å². The normalized spacial score (nSPS) is 10.5. The van der Waals surface area contributed by atoms with Gasteiger partial charge in [0, 0.05) is 3.57 Å². The molecule has 0 heterocycles. The maximum Gasteiger partial charge on any atom is 0.488 e. The summed E-state index contributed by atoms with van der Waals surface area (Å²) in [5.41, 5.74) is 0.535. The maximum atomic E-state index is 9.06. The van der Waals surface area contributed by atoms with E-state index in [2.05, 4.69) is 22.6 Å². The monoisotopic (exact) mass is 298 g/mol. The number of fused-ring (bicyclic) bond motifs is 1. The Labute approximate surface area is 95.9 Å². The van der Waals surface area contributed by atoms with Gasteiger partial charge in [0.05, 0.1) is 0 Å². The number of hydrogen-bond acceptors (Lipinski definition) is 2. The highest BCUT2D eigenvalue weighted by Gasteiger charge is 2.12. The third-order valence-corrected chi connectivity index (χ3v) is 3.02. The van der Waals surface area contributed by atoms with Crippen molar-refractivity contribution in [3.63, 3.8) is 0 Å². The lowest BCUT2D eigenvalue weighted by molar-refractivity contribution is 0.426. The maximum absolute atomic E-state index is 9.06. The summed E-state index contributed by atoms with van der Waals surface area (Å²) in [5.74, 6) is 0. The van der Waals surface area contributed by atoms with Crippen molar-refractivity contribution in [3.05, 3.63) is 40.0 Å². The fourth-order valence-corrected chi connectivity index (χ4v) is 2.29. The van der Waals surface area contributed by atoms with Gasteiger partial charge in [-0.15, -0.1) is 0 Å². The summed E-state index contributed by atoms with van der Waals surface area (Å²) in [4.78, 5) is 0. The molecular formula is C10H8BIO2. The topological polar surface area (TPSA) is 40.5 Å². The minimum atomic E-state index is -1.40. The zero-order valence-corrected chi connectivity index (χ0v) is 9.47. The van der Waals surface area contributed by atoms with Crippen LogP contribution in [0.15, 0.2) is 36.4 Å². The van der Waals surface area contributed by atoms with Crippen LogP contribution in [0.25, 0.3) is 10.8 Å². The van der Waals surface area contributed by atoms with Gasteiger partial charge in [-0.25, -0.2) is 0 Å². The van der Waals surface area contributed by atoms with Crippen LogP contribution in [-0.2, 0) is 0 Å². The molecule has 0 aliphatic rings. The molecule has 2 nitrogen and oxygen atoms in total. The molecule has 0 fully saturated rings. The zero-order chi connectivity index (χ0) is 10.1. The van der Waals surface area contributed by atoms with E-state index in [9.17, 15) is 0 Å². The van der Waals surface area contributed by atoms with Gasteiger partial charge in [0.2, 0.25) is 0 Å². The molecule has 0 unspecified atom stereocenters. The van der Waals surface area contributed by atoms with E-state index in [0.29, 0.717) is 5.46 Å². The van der Waals surface area contributed by atoms with Crippen molar-refractivity contribution in [1.29, 1.82) is 0 Å². The molecule has 2 aromatic rings. The molecule has 0 saturated carbocycles. The molecule has 0 atom stereocenters. The molecule has 0 aliphatic carbocycles. The van der Waals surface area contributed by atoms with Crippen LogP contribution in [-0.4, -0.2) is 17.2 Å². The molecule has 70 valence electrons. The number of rotatable bonds is 1. The fraction of sp³-hybridized carbons (Fsp3) is 0. The van der Waals surface area contributed by atoms with Gasteiger partial charge in [-0.3, -0.25) is 0 Å². The van der Waals surface area contributed by atoms with Crippen LogP contribution < -0.4 is 5.46 Å². The molecule has 0 amide bonds. The largest absolute Gasteiger partial charge is 0.488 e. The molecule has 0 spiro atoms. The Kier molecular flexibility index (Phi) is 2.76. The van der Waals surface area contributed by atoms with E-state index in [1.54, 1.807) is 12.1 Å². The summed E-state index contributed by atoms with van der Waals surface area (Å²) in [6.07, 6.45) is 0. The highest BCUT2D eigenvalue weighted by Crippen LogP contribution is 2.18. The molecule has 0 aromatic heterocycles. The van der Waals surface area contributed by atoms with Gasteiger partial charge < -0.3 is 10.0 Å². The van der Waals surface area contributed by atoms with Crippen molar-refractivity contribution in [2.45, 2.75) is 0 Å². The van der Waals surface area contributed by atoms with Crippen LogP contribution in [0.4, 0.5) is 0 Å². The molecular weight excluding hydrogens is 290 g/mol. The van der Waals surface area contributed by atoms with Crippen LogP contribution in [0.2, 0.25) is 0 Å². The van der Waals surface area contributed by atoms with E-state index in [0.717, 1.165) is 14.3 Å². The zero-order valence-electron chi connectivity index (χ0n) is 7.31. The number of hydrogen-bond donors (Lipinski definition) is 2. The third kappa shape index (κ3) is 1.77. The summed E-state index contributed by atoms with van der Waals surface area (Å²) < 4.78 is 1.03. The summed E-state index contributed by atoms with van der Waals surface area (Å²) in [5, 5.41) is 20.3. The number of halogens is 1. The van der Waals surface area contributed by atoms with Crippen LogP contribution in [0, 0.1) is 3.57 Å². The molecule has 0 aliphatic heterocycles. The first kappa shape index (κ1) is 9.95. The first-order valence-corrected chi connectivity index (χ1v) is 5.30. The van der Waals surface area contributed by atoms with Crippen LogP contribution in [0.3, 0.4) is 0 Å². The molecule has 2 N–H and O–H groups in total. The number of benzene rings is 2. The van der Waals surface area contributed by atoms with Gasteiger partial charge >= 0.3 is 7.12 Å². The van der Waals surface area contributed by atoms with Gasteiger partial charge in [0.25, 0.3) is 0 Å². The molecule has 0 radical (unpaired) electrons. The molecule has 0 bridgehead atoms. The predicted octanol–water partition coefficient (Wildman–Crippen LogP) is 1.12. The van der Waals surface area contributed by atoms with Crippen LogP contribution in [0.5, 0.6) is 0 Å². The van der Waals surface area contributed by atoms with Gasteiger partial charge in [0.15, 0.2) is 0 Å². The molecule has 2 rings (SSSR count). The van der Waals surface area contributed by atoms with Crippen molar-refractivity contribution in [2.75, 3.05) is 0 Å². The second-order valence-electron chi connectivity index (χ2n) is 3.10. The quantitative estimate of drug-likeness (QED) is 0.612. The van der Waals surface area contributed by atoms with Crippen molar-refractivity contribution in [1.82, 2.24) is 0 Å². The standard InChI is InChI=1S/C10H8BIO2/c12-10-6-8(11(13)14)5-7-3-1-2-4-9(7)10/h1-6,13-14H. The average Bonchev–Trinajstić information content (AvgIpc) is 2.17. The lowest BCUT2D eigenvalue weighted by Gasteiger charge is -2.04. The summed E-state index contributed by atoms with van der Waals surface area (Å²) in [6, 6.07) is 11.5. The fourth-order valence-electron chi connectivity index (χ4n) is 1.43. The summed E-state index contributed by atoms with van der Waals surface area (Å²) in [7, 11) is -1.40. The Morgan fingerprint density at radius 1 is 1.07 bits per heavy atom. The van der Waals surface area contributed by atoms with Crippen LogP contribution in [0.1, 0.15) is 0 Å². The molecule has 14 heavy (non-hydrogen) atoms. The second kappa shape index (κ2) is 3.88. The Balaban J connectivity index is 2.72. The van der Waals surface area contributed by atoms with Crippen LogP contribution >= 0.6 is 22.6 Å². The van der Waals surface area contributed by atoms with E-state index >= 15 is 0 Å². The highest BCUT2D eigenvalue weighted by atomic mass is 127. The molecule has 4 heteroatoms. The highest BCUT2D eigenvalue weighted by molar-refractivity contribution is 14.1. The SMILES string of the molecule is OB(O)c1cc(I)c2ccccc2c1. The molecule has 2 aromatic carbocycles. The van der Waals surface area contributed by atoms with Crippen molar-refractivity contribution in [2.24, 2.45) is 0 Å². The predicted molar refractivity (Wildman–Crippen MR) is 66.5 cm³/mol. The molecule has 0 saturated heterocycles. The van der Waals surface area contributed by atoms with E-state index in [1.165, 1.54) is 0 Å².